The van der Waals surface area contributed by atoms with Crippen molar-refractivity contribution >= 4 is 10.0 Å². The molecule has 5 heteroatoms. The zero-order chi connectivity index (χ0) is 20.5. The number of likely N-dealkylation sites (N-methyl/N-ethyl adjacent to an activating group) is 1. The van der Waals surface area contributed by atoms with E-state index in [1.54, 1.807) is 4.31 Å². The van der Waals surface area contributed by atoms with Gasteiger partial charge in [-0.25, -0.2) is 8.42 Å². The summed E-state index contributed by atoms with van der Waals surface area (Å²) in [7, 11) is -0.836. The SMILES string of the molecule is CCCCCCCCCCS(=O)(=O)N1CC[N+](C)(Cc2cccc(C)c2)CC1. The first-order valence-electron chi connectivity index (χ1n) is 11.2. The minimum atomic E-state index is -3.09. The Morgan fingerprint density at radius 1 is 0.964 bits per heavy atom. The summed E-state index contributed by atoms with van der Waals surface area (Å²) in [5.74, 6) is 0.323. The zero-order valence-electron chi connectivity index (χ0n) is 18.3. The van der Waals surface area contributed by atoms with Gasteiger partial charge in [0.25, 0.3) is 0 Å². The summed E-state index contributed by atoms with van der Waals surface area (Å²) in [6.07, 6.45) is 9.49. The van der Waals surface area contributed by atoms with Gasteiger partial charge in [0.2, 0.25) is 10.0 Å². The van der Waals surface area contributed by atoms with Crippen molar-refractivity contribution in [1.82, 2.24) is 4.31 Å². The minimum absolute atomic E-state index is 0.323. The lowest BCUT2D eigenvalue weighted by Gasteiger charge is -2.41. The van der Waals surface area contributed by atoms with Crippen molar-refractivity contribution in [3.05, 3.63) is 35.4 Å². The molecule has 0 unspecified atom stereocenters. The fourth-order valence-corrected chi connectivity index (χ4v) is 5.71. The lowest BCUT2D eigenvalue weighted by Crippen LogP contribution is -2.57. The lowest BCUT2D eigenvalue weighted by atomic mass is 10.1. The van der Waals surface area contributed by atoms with Gasteiger partial charge in [-0.15, -0.1) is 0 Å². The molecule has 0 aromatic heterocycles. The Kier molecular flexibility index (Phi) is 9.45. The van der Waals surface area contributed by atoms with Crippen molar-refractivity contribution in [2.45, 2.75) is 71.8 Å². The predicted molar refractivity (Wildman–Crippen MR) is 119 cm³/mol. The molecule has 0 saturated carbocycles. The molecule has 1 fully saturated rings. The number of nitrogens with zero attached hydrogens (tertiary/aromatic N) is 2. The zero-order valence-corrected chi connectivity index (χ0v) is 19.1. The summed E-state index contributed by atoms with van der Waals surface area (Å²) < 4.78 is 28.0. The van der Waals surface area contributed by atoms with Gasteiger partial charge in [0.15, 0.2) is 0 Å². The molecular formula is C23H41N2O2S+. The molecule has 0 atom stereocenters. The molecule has 1 aliphatic rings. The van der Waals surface area contributed by atoms with Crippen molar-refractivity contribution in [2.24, 2.45) is 0 Å². The Bertz CT molecular complexity index is 680. The molecule has 0 amide bonds. The first kappa shape index (κ1) is 23.4. The molecule has 1 heterocycles. The predicted octanol–water partition coefficient (Wildman–Crippen LogP) is 4.73. The van der Waals surface area contributed by atoms with E-state index in [4.69, 9.17) is 0 Å². The van der Waals surface area contributed by atoms with Crippen LogP contribution >= 0.6 is 0 Å². The largest absolute Gasteiger partial charge is 0.320 e. The van der Waals surface area contributed by atoms with E-state index in [9.17, 15) is 8.42 Å². The first-order chi connectivity index (χ1) is 13.3. The number of hydrogen-bond donors (Lipinski definition) is 0. The summed E-state index contributed by atoms with van der Waals surface area (Å²) >= 11 is 0. The number of rotatable bonds is 12. The molecule has 0 N–H and O–H groups in total. The van der Waals surface area contributed by atoms with Gasteiger partial charge in [0.05, 0.1) is 39.0 Å². The normalized spacial score (nSPS) is 17.7. The molecular weight excluding hydrogens is 368 g/mol. The highest BCUT2D eigenvalue weighted by Gasteiger charge is 2.34. The third-order valence-corrected chi connectivity index (χ3v) is 8.03. The van der Waals surface area contributed by atoms with Crippen molar-refractivity contribution in [3.8, 4) is 0 Å². The van der Waals surface area contributed by atoms with Crippen LogP contribution in [0.3, 0.4) is 0 Å². The van der Waals surface area contributed by atoms with Gasteiger partial charge >= 0.3 is 0 Å². The van der Waals surface area contributed by atoms with Crippen LogP contribution in [0.4, 0.5) is 0 Å². The molecule has 0 radical (unpaired) electrons. The Balaban J connectivity index is 1.70. The van der Waals surface area contributed by atoms with E-state index in [-0.39, 0.29) is 0 Å². The minimum Gasteiger partial charge on any atom is -0.320 e. The number of piperazine rings is 1. The van der Waals surface area contributed by atoms with E-state index in [1.165, 1.54) is 49.7 Å². The van der Waals surface area contributed by atoms with Gasteiger partial charge in [-0.1, -0.05) is 81.7 Å². The number of unbranched alkanes of at least 4 members (excludes halogenated alkanes) is 7. The molecule has 2 rings (SSSR count). The quantitative estimate of drug-likeness (QED) is 0.370. The second-order valence-corrected chi connectivity index (χ2v) is 11.0. The monoisotopic (exact) mass is 409 g/mol. The summed E-state index contributed by atoms with van der Waals surface area (Å²) in [5, 5.41) is 0. The molecule has 1 aromatic rings. The van der Waals surface area contributed by atoms with Crippen LogP contribution in [0.15, 0.2) is 24.3 Å². The van der Waals surface area contributed by atoms with Gasteiger partial charge in [0.1, 0.15) is 6.54 Å². The third kappa shape index (κ3) is 7.84. The number of hydrogen-bond acceptors (Lipinski definition) is 2. The Hall–Kier alpha value is -0.910. The standard InChI is InChI=1S/C23H41N2O2S/c1-4-5-6-7-8-9-10-11-19-28(26,27)24-15-17-25(3,18-16-24)21-23-14-12-13-22(2)20-23/h12-14,20H,4-11,15-19,21H2,1-3H3/q+1. The highest BCUT2D eigenvalue weighted by Crippen LogP contribution is 2.19. The van der Waals surface area contributed by atoms with Gasteiger partial charge in [0, 0.05) is 5.56 Å². The van der Waals surface area contributed by atoms with Crippen molar-refractivity contribution in [3.63, 3.8) is 0 Å². The van der Waals surface area contributed by atoms with Crippen LogP contribution in [0.5, 0.6) is 0 Å². The molecule has 0 bridgehead atoms. The number of benzene rings is 1. The number of quaternary nitrogens is 1. The average molecular weight is 410 g/mol. The maximum Gasteiger partial charge on any atom is 0.214 e. The van der Waals surface area contributed by atoms with Gasteiger partial charge in [-0.3, -0.25) is 0 Å². The van der Waals surface area contributed by atoms with Crippen LogP contribution in [0.1, 0.15) is 69.4 Å². The molecule has 160 valence electrons. The van der Waals surface area contributed by atoms with Gasteiger partial charge in [-0.05, 0) is 13.3 Å². The third-order valence-electron chi connectivity index (χ3n) is 6.07. The molecule has 1 aliphatic heterocycles. The van der Waals surface area contributed by atoms with E-state index in [0.717, 1.165) is 37.0 Å². The summed E-state index contributed by atoms with van der Waals surface area (Å²) in [4.78, 5) is 0. The van der Waals surface area contributed by atoms with E-state index in [2.05, 4.69) is 45.2 Å². The fraction of sp³-hybridized carbons (Fsp3) is 0.739. The van der Waals surface area contributed by atoms with Gasteiger partial charge < -0.3 is 4.48 Å². The topological polar surface area (TPSA) is 37.4 Å². The fourth-order valence-electron chi connectivity index (χ4n) is 4.16. The molecule has 1 aromatic carbocycles. The number of sulfonamides is 1. The molecule has 4 nitrogen and oxygen atoms in total. The number of aryl methyl sites for hydroxylation is 1. The van der Waals surface area contributed by atoms with Crippen LogP contribution in [-0.2, 0) is 16.6 Å². The van der Waals surface area contributed by atoms with E-state index in [1.807, 2.05) is 0 Å². The second kappa shape index (κ2) is 11.3. The first-order valence-corrected chi connectivity index (χ1v) is 12.8. The van der Waals surface area contributed by atoms with E-state index < -0.39 is 10.0 Å². The highest BCUT2D eigenvalue weighted by molar-refractivity contribution is 7.89. The van der Waals surface area contributed by atoms with Crippen molar-refractivity contribution in [1.29, 1.82) is 0 Å². The Morgan fingerprint density at radius 3 is 2.18 bits per heavy atom. The maximum atomic E-state index is 12.7. The van der Waals surface area contributed by atoms with Crippen LogP contribution in [-0.4, -0.2) is 56.2 Å². The van der Waals surface area contributed by atoms with E-state index >= 15 is 0 Å². The maximum absolute atomic E-state index is 12.7. The molecule has 1 saturated heterocycles. The van der Waals surface area contributed by atoms with Crippen LogP contribution in [0.2, 0.25) is 0 Å². The van der Waals surface area contributed by atoms with Crippen molar-refractivity contribution in [2.75, 3.05) is 39.0 Å². The Morgan fingerprint density at radius 2 is 1.57 bits per heavy atom. The van der Waals surface area contributed by atoms with Gasteiger partial charge in [-0.2, -0.15) is 4.31 Å². The summed E-state index contributed by atoms with van der Waals surface area (Å²) in [6.45, 7) is 8.43. The lowest BCUT2D eigenvalue weighted by molar-refractivity contribution is -0.925. The van der Waals surface area contributed by atoms with Crippen LogP contribution < -0.4 is 0 Å². The van der Waals surface area contributed by atoms with E-state index in [0.29, 0.717) is 18.8 Å². The second-order valence-electron chi connectivity index (χ2n) is 8.90. The summed E-state index contributed by atoms with van der Waals surface area (Å²) in [6, 6.07) is 8.66. The molecule has 28 heavy (non-hydrogen) atoms. The average Bonchev–Trinajstić information content (AvgIpc) is 2.64. The summed E-state index contributed by atoms with van der Waals surface area (Å²) in [5.41, 5.74) is 2.63. The van der Waals surface area contributed by atoms with Crippen molar-refractivity contribution < 1.29 is 12.9 Å². The molecule has 0 aliphatic carbocycles. The molecule has 0 spiro atoms. The van der Waals surface area contributed by atoms with Crippen LogP contribution in [0, 0.1) is 6.92 Å². The Labute approximate surface area is 173 Å². The smallest absolute Gasteiger partial charge is 0.214 e. The highest BCUT2D eigenvalue weighted by atomic mass is 32.2. The van der Waals surface area contributed by atoms with Crippen LogP contribution in [0.25, 0.3) is 0 Å².